The second kappa shape index (κ2) is 5.99. The first-order valence-electron chi connectivity index (χ1n) is 6.11. The minimum atomic E-state index is -0.630. The number of primary amides is 1. The first-order valence-corrected chi connectivity index (χ1v) is 6.11. The number of hydrogen-bond donors (Lipinski definition) is 1. The Kier molecular flexibility index (Phi) is 4.92. The number of carbonyl (C=O) groups excluding carboxylic acids is 1. The van der Waals surface area contributed by atoms with Crippen molar-refractivity contribution in [2.45, 2.75) is 70.3 Å². The van der Waals surface area contributed by atoms with Crippen molar-refractivity contribution >= 4 is 6.09 Å². The molecule has 3 nitrogen and oxygen atoms in total. The highest BCUT2D eigenvalue weighted by Crippen LogP contribution is 2.28. The van der Waals surface area contributed by atoms with Crippen LogP contribution in [0.4, 0.5) is 4.79 Å². The molecule has 88 valence electrons. The van der Waals surface area contributed by atoms with E-state index in [1.54, 1.807) is 0 Å². The maximum Gasteiger partial charge on any atom is 0.405 e. The minimum Gasteiger partial charge on any atom is -0.443 e. The van der Waals surface area contributed by atoms with Crippen LogP contribution in [0.1, 0.15) is 64.7 Å². The van der Waals surface area contributed by atoms with Gasteiger partial charge in [-0.1, -0.05) is 32.1 Å². The van der Waals surface area contributed by atoms with E-state index in [1.807, 2.05) is 6.92 Å². The molecule has 15 heavy (non-hydrogen) atoms. The zero-order chi connectivity index (χ0) is 11.1. The van der Waals surface area contributed by atoms with Gasteiger partial charge in [0.15, 0.2) is 0 Å². The standard InChI is InChI=1S/C12H23NO2/c1-12(15-11(13)14)9-7-5-3-2-4-6-8-10-12/h2-10H2,1H3,(H2,13,14). The molecule has 0 aromatic heterocycles. The van der Waals surface area contributed by atoms with E-state index in [1.165, 1.54) is 32.1 Å². The van der Waals surface area contributed by atoms with Crippen molar-refractivity contribution in [3.05, 3.63) is 0 Å². The van der Waals surface area contributed by atoms with E-state index in [0.29, 0.717) is 0 Å². The predicted molar refractivity (Wildman–Crippen MR) is 60.6 cm³/mol. The Morgan fingerprint density at radius 1 is 1.00 bits per heavy atom. The Morgan fingerprint density at radius 2 is 1.40 bits per heavy atom. The number of nitrogens with two attached hydrogens (primary N) is 1. The van der Waals surface area contributed by atoms with Gasteiger partial charge >= 0.3 is 6.09 Å². The van der Waals surface area contributed by atoms with Gasteiger partial charge in [0.25, 0.3) is 0 Å². The minimum absolute atomic E-state index is 0.316. The zero-order valence-electron chi connectivity index (χ0n) is 9.76. The topological polar surface area (TPSA) is 52.3 Å². The molecule has 1 aliphatic carbocycles. The molecule has 0 heterocycles. The van der Waals surface area contributed by atoms with Gasteiger partial charge in [0.05, 0.1) is 0 Å². The molecule has 1 rings (SSSR count). The third-order valence-corrected chi connectivity index (χ3v) is 3.26. The summed E-state index contributed by atoms with van der Waals surface area (Å²) >= 11 is 0. The van der Waals surface area contributed by atoms with Crippen molar-refractivity contribution < 1.29 is 9.53 Å². The first-order chi connectivity index (χ1) is 7.12. The van der Waals surface area contributed by atoms with Crippen LogP contribution in [0.3, 0.4) is 0 Å². The molecule has 0 saturated heterocycles. The van der Waals surface area contributed by atoms with E-state index in [2.05, 4.69) is 0 Å². The molecule has 0 aromatic rings. The van der Waals surface area contributed by atoms with Crippen molar-refractivity contribution in [3.8, 4) is 0 Å². The van der Waals surface area contributed by atoms with Crippen LogP contribution >= 0.6 is 0 Å². The Morgan fingerprint density at radius 3 is 1.80 bits per heavy atom. The van der Waals surface area contributed by atoms with Crippen LogP contribution in [0.25, 0.3) is 0 Å². The summed E-state index contributed by atoms with van der Waals surface area (Å²) in [7, 11) is 0. The number of ether oxygens (including phenoxy) is 1. The molecule has 0 atom stereocenters. The van der Waals surface area contributed by atoms with E-state index in [0.717, 1.165) is 25.7 Å². The summed E-state index contributed by atoms with van der Waals surface area (Å²) in [5, 5.41) is 0. The van der Waals surface area contributed by atoms with Gasteiger partial charge in [-0.05, 0) is 32.6 Å². The van der Waals surface area contributed by atoms with Crippen LogP contribution in [0, 0.1) is 0 Å². The van der Waals surface area contributed by atoms with Crippen molar-refractivity contribution in [3.63, 3.8) is 0 Å². The summed E-state index contributed by atoms with van der Waals surface area (Å²) in [5.41, 5.74) is 4.79. The summed E-state index contributed by atoms with van der Waals surface area (Å²) in [6.45, 7) is 2.01. The lowest BCUT2D eigenvalue weighted by molar-refractivity contribution is 0.0131. The lowest BCUT2D eigenvalue weighted by atomic mass is 9.89. The Balaban J connectivity index is 2.46. The normalized spacial score (nSPS) is 23.0. The molecule has 0 unspecified atom stereocenters. The lowest BCUT2D eigenvalue weighted by Gasteiger charge is -2.29. The lowest BCUT2D eigenvalue weighted by Crippen LogP contribution is -2.34. The van der Waals surface area contributed by atoms with Crippen LogP contribution in [-0.4, -0.2) is 11.7 Å². The van der Waals surface area contributed by atoms with Gasteiger partial charge in [0.2, 0.25) is 0 Å². The maximum atomic E-state index is 10.8. The first kappa shape index (κ1) is 12.3. The fourth-order valence-electron chi connectivity index (χ4n) is 2.35. The van der Waals surface area contributed by atoms with E-state index >= 15 is 0 Å². The molecular weight excluding hydrogens is 190 g/mol. The number of hydrogen-bond acceptors (Lipinski definition) is 2. The highest BCUT2D eigenvalue weighted by molar-refractivity contribution is 5.65. The molecule has 0 bridgehead atoms. The largest absolute Gasteiger partial charge is 0.443 e. The Hall–Kier alpha value is -0.730. The van der Waals surface area contributed by atoms with Gasteiger partial charge in [-0.15, -0.1) is 0 Å². The molecule has 0 aromatic carbocycles. The van der Waals surface area contributed by atoms with Gasteiger partial charge in [-0.3, -0.25) is 0 Å². The van der Waals surface area contributed by atoms with E-state index in [9.17, 15) is 4.79 Å². The highest BCUT2D eigenvalue weighted by Gasteiger charge is 2.27. The second-order valence-corrected chi connectivity index (χ2v) is 4.85. The predicted octanol–water partition coefficient (Wildman–Crippen LogP) is 3.36. The number of amides is 1. The van der Waals surface area contributed by atoms with Gasteiger partial charge < -0.3 is 10.5 Å². The quantitative estimate of drug-likeness (QED) is 0.726. The third-order valence-electron chi connectivity index (χ3n) is 3.26. The third kappa shape index (κ3) is 5.05. The second-order valence-electron chi connectivity index (χ2n) is 4.85. The molecule has 1 aliphatic rings. The molecule has 0 spiro atoms. The average Bonchev–Trinajstić information content (AvgIpc) is 2.14. The van der Waals surface area contributed by atoms with Gasteiger partial charge in [-0.25, -0.2) is 4.79 Å². The van der Waals surface area contributed by atoms with Crippen LogP contribution < -0.4 is 5.73 Å². The highest BCUT2D eigenvalue weighted by atomic mass is 16.6. The van der Waals surface area contributed by atoms with E-state index in [-0.39, 0.29) is 5.60 Å². The Bertz CT molecular complexity index is 194. The maximum absolute atomic E-state index is 10.8. The zero-order valence-corrected chi connectivity index (χ0v) is 9.76. The number of rotatable bonds is 1. The van der Waals surface area contributed by atoms with Crippen LogP contribution in [-0.2, 0) is 4.74 Å². The molecular formula is C12H23NO2. The fraction of sp³-hybridized carbons (Fsp3) is 0.917. The van der Waals surface area contributed by atoms with E-state index in [4.69, 9.17) is 10.5 Å². The van der Waals surface area contributed by atoms with Gasteiger partial charge in [0, 0.05) is 0 Å². The SMILES string of the molecule is CC1(OC(N)=O)CCCCCCCCC1. The summed E-state index contributed by atoms with van der Waals surface area (Å²) in [6, 6.07) is 0. The Labute approximate surface area is 92.4 Å². The van der Waals surface area contributed by atoms with Crippen LogP contribution in [0.15, 0.2) is 0 Å². The molecule has 0 radical (unpaired) electrons. The summed E-state index contributed by atoms with van der Waals surface area (Å²) in [6.07, 6.45) is 10.0. The van der Waals surface area contributed by atoms with Gasteiger partial charge in [-0.2, -0.15) is 0 Å². The average molecular weight is 213 g/mol. The van der Waals surface area contributed by atoms with E-state index < -0.39 is 6.09 Å². The summed E-state index contributed by atoms with van der Waals surface area (Å²) in [5.74, 6) is 0. The molecule has 3 heteroatoms. The summed E-state index contributed by atoms with van der Waals surface area (Å²) < 4.78 is 5.25. The fourth-order valence-corrected chi connectivity index (χ4v) is 2.35. The van der Waals surface area contributed by atoms with Crippen molar-refractivity contribution in [2.24, 2.45) is 5.73 Å². The van der Waals surface area contributed by atoms with Crippen LogP contribution in [0.5, 0.6) is 0 Å². The van der Waals surface area contributed by atoms with Crippen molar-refractivity contribution in [1.29, 1.82) is 0 Å². The monoisotopic (exact) mass is 213 g/mol. The molecule has 1 fully saturated rings. The summed E-state index contributed by atoms with van der Waals surface area (Å²) in [4.78, 5) is 10.8. The molecule has 1 saturated carbocycles. The van der Waals surface area contributed by atoms with Crippen molar-refractivity contribution in [1.82, 2.24) is 0 Å². The van der Waals surface area contributed by atoms with Crippen molar-refractivity contribution in [2.75, 3.05) is 0 Å². The molecule has 0 aliphatic heterocycles. The molecule has 2 N–H and O–H groups in total. The van der Waals surface area contributed by atoms with Gasteiger partial charge in [0.1, 0.15) is 5.60 Å². The smallest absolute Gasteiger partial charge is 0.405 e. The number of carbonyl (C=O) groups is 1. The van der Waals surface area contributed by atoms with Crippen LogP contribution in [0.2, 0.25) is 0 Å². The molecule has 1 amide bonds.